The molecule has 0 aromatic carbocycles. The van der Waals surface area contributed by atoms with Crippen LogP contribution in [0.4, 0.5) is 0 Å². The first-order chi connectivity index (χ1) is 8.24. The molecule has 0 aliphatic rings. The second kappa shape index (κ2) is 6.15. The molecule has 2 nitrogen and oxygen atoms in total. The highest BCUT2D eigenvalue weighted by Gasteiger charge is 2.02. The third-order valence-electron chi connectivity index (χ3n) is 2.56. The number of hydrogen-bond donors (Lipinski definition) is 0. The van der Waals surface area contributed by atoms with Crippen LogP contribution in [0.15, 0.2) is 35.8 Å². The van der Waals surface area contributed by atoms with Gasteiger partial charge in [-0.05, 0) is 42.6 Å². The Morgan fingerprint density at radius 3 is 3.00 bits per heavy atom. The van der Waals surface area contributed by atoms with E-state index in [0.717, 1.165) is 19.5 Å². The van der Waals surface area contributed by atoms with E-state index in [1.165, 1.54) is 10.4 Å². The summed E-state index contributed by atoms with van der Waals surface area (Å²) >= 11 is 7.67. The number of aromatic nitrogens is 1. The van der Waals surface area contributed by atoms with Gasteiger partial charge in [-0.15, -0.1) is 11.3 Å². The van der Waals surface area contributed by atoms with Gasteiger partial charge in [-0.2, -0.15) is 0 Å². The number of hydrogen-bond acceptors (Lipinski definition) is 3. The maximum Gasteiger partial charge on any atom is 0.129 e. The van der Waals surface area contributed by atoms with Gasteiger partial charge in [-0.1, -0.05) is 17.7 Å². The minimum absolute atomic E-state index is 0.564. The highest BCUT2D eigenvalue weighted by molar-refractivity contribution is 7.09. The summed E-state index contributed by atoms with van der Waals surface area (Å²) in [5.74, 6) is 0. The smallest absolute Gasteiger partial charge is 0.129 e. The molecular formula is C13H15ClN2S. The van der Waals surface area contributed by atoms with Crippen molar-refractivity contribution in [2.75, 3.05) is 13.6 Å². The van der Waals surface area contributed by atoms with Crippen LogP contribution in [-0.2, 0) is 13.0 Å². The van der Waals surface area contributed by atoms with Gasteiger partial charge in [0, 0.05) is 24.2 Å². The van der Waals surface area contributed by atoms with E-state index < -0.39 is 0 Å². The fraction of sp³-hybridized carbons (Fsp3) is 0.308. The summed E-state index contributed by atoms with van der Waals surface area (Å²) in [6.45, 7) is 1.97. The number of rotatable bonds is 5. The van der Waals surface area contributed by atoms with Crippen molar-refractivity contribution in [1.29, 1.82) is 0 Å². The molecule has 4 heteroatoms. The molecule has 90 valence electrons. The van der Waals surface area contributed by atoms with Crippen molar-refractivity contribution in [2.24, 2.45) is 0 Å². The fourth-order valence-corrected chi connectivity index (χ4v) is 2.58. The van der Waals surface area contributed by atoms with Crippen molar-refractivity contribution < 1.29 is 0 Å². The monoisotopic (exact) mass is 266 g/mol. The van der Waals surface area contributed by atoms with Gasteiger partial charge in [0.1, 0.15) is 5.15 Å². The third-order valence-corrected chi connectivity index (χ3v) is 3.71. The summed E-state index contributed by atoms with van der Waals surface area (Å²) in [5, 5.41) is 2.69. The molecule has 2 rings (SSSR count). The molecule has 0 N–H and O–H groups in total. The number of thiophene rings is 1. The van der Waals surface area contributed by atoms with Crippen LogP contribution in [0.3, 0.4) is 0 Å². The van der Waals surface area contributed by atoms with Crippen LogP contribution in [0.5, 0.6) is 0 Å². The molecule has 2 heterocycles. The van der Waals surface area contributed by atoms with Crippen LogP contribution in [0.1, 0.15) is 10.4 Å². The molecule has 0 aliphatic carbocycles. The quantitative estimate of drug-likeness (QED) is 0.771. The predicted octanol–water partition coefficient (Wildman–Crippen LogP) is 3.47. The fourth-order valence-electron chi connectivity index (χ4n) is 1.69. The van der Waals surface area contributed by atoms with E-state index in [-0.39, 0.29) is 0 Å². The average Bonchev–Trinajstić information content (AvgIpc) is 2.79. The van der Waals surface area contributed by atoms with E-state index in [1.807, 2.05) is 23.5 Å². The van der Waals surface area contributed by atoms with Crippen molar-refractivity contribution in [3.05, 3.63) is 51.4 Å². The lowest BCUT2D eigenvalue weighted by Gasteiger charge is -2.16. The van der Waals surface area contributed by atoms with Crippen LogP contribution in [0, 0.1) is 0 Å². The summed E-state index contributed by atoms with van der Waals surface area (Å²) in [7, 11) is 2.13. The molecule has 0 amide bonds. The van der Waals surface area contributed by atoms with Gasteiger partial charge in [-0.25, -0.2) is 4.98 Å². The van der Waals surface area contributed by atoms with Crippen LogP contribution >= 0.6 is 22.9 Å². The van der Waals surface area contributed by atoms with Crippen molar-refractivity contribution in [3.63, 3.8) is 0 Å². The Morgan fingerprint density at radius 1 is 1.41 bits per heavy atom. The molecule has 0 spiro atoms. The molecule has 0 saturated carbocycles. The summed E-state index contributed by atoms with van der Waals surface area (Å²) in [5.41, 5.74) is 1.21. The van der Waals surface area contributed by atoms with E-state index in [0.29, 0.717) is 5.15 Å². The highest BCUT2D eigenvalue weighted by atomic mass is 35.5. The maximum absolute atomic E-state index is 5.86. The van der Waals surface area contributed by atoms with Gasteiger partial charge in [-0.3, -0.25) is 0 Å². The van der Waals surface area contributed by atoms with Gasteiger partial charge in [0.25, 0.3) is 0 Å². The predicted molar refractivity (Wildman–Crippen MR) is 73.6 cm³/mol. The first-order valence-electron chi connectivity index (χ1n) is 5.55. The molecule has 0 fully saturated rings. The average molecular weight is 267 g/mol. The maximum atomic E-state index is 5.86. The van der Waals surface area contributed by atoms with Gasteiger partial charge < -0.3 is 4.90 Å². The standard InChI is InChI=1S/C13H15ClN2S/c1-16(7-5-12-3-2-8-17-12)10-11-4-6-15-13(14)9-11/h2-4,6,8-9H,5,7,10H2,1H3. The van der Waals surface area contributed by atoms with Gasteiger partial charge in [0.05, 0.1) is 0 Å². The second-order valence-electron chi connectivity index (χ2n) is 4.05. The normalized spacial score (nSPS) is 11.0. The van der Waals surface area contributed by atoms with E-state index in [4.69, 9.17) is 11.6 Å². The van der Waals surface area contributed by atoms with Gasteiger partial charge >= 0.3 is 0 Å². The molecule has 2 aromatic rings. The largest absolute Gasteiger partial charge is 0.302 e. The van der Waals surface area contributed by atoms with E-state index in [1.54, 1.807) is 6.20 Å². The number of halogens is 1. The zero-order valence-electron chi connectivity index (χ0n) is 9.77. The van der Waals surface area contributed by atoms with Crippen LogP contribution in [-0.4, -0.2) is 23.5 Å². The minimum Gasteiger partial charge on any atom is -0.302 e. The zero-order valence-corrected chi connectivity index (χ0v) is 11.3. The SMILES string of the molecule is CN(CCc1cccs1)Cc1ccnc(Cl)c1. The summed E-state index contributed by atoms with van der Waals surface area (Å²) in [4.78, 5) is 7.71. The van der Waals surface area contributed by atoms with Gasteiger partial charge in [0.2, 0.25) is 0 Å². The van der Waals surface area contributed by atoms with Crippen molar-refractivity contribution in [2.45, 2.75) is 13.0 Å². The zero-order chi connectivity index (χ0) is 12.1. The highest BCUT2D eigenvalue weighted by Crippen LogP contribution is 2.12. The van der Waals surface area contributed by atoms with E-state index >= 15 is 0 Å². The number of likely N-dealkylation sites (N-methyl/N-ethyl adjacent to an activating group) is 1. The molecule has 0 unspecified atom stereocenters. The van der Waals surface area contributed by atoms with Crippen molar-refractivity contribution >= 4 is 22.9 Å². The minimum atomic E-state index is 0.564. The molecule has 0 atom stereocenters. The van der Waals surface area contributed by atoms with Crippen LogP contribution < -0.4 is 0 Å². The molecule has 0 aliphatic heterocycles. The number of pyridine rings is 1. The summed E-state index contributed by atoms with van der Waals surface area (Å²) in [6, 6.07) is 8.21. The first-order valence-corrected chi connectivity index (χ1v) is 6.81. The Bertz CT molecular complexity index is 456. The van der Waals surface area contributed by atoms with E-state index in [2.05, 4.69) is 34.4 Å². The van der Waals surface area contributed by atoms with Crippen molar-refractivity contribution in [1.82, 2.24) is 9.88 Å². The Balaban J connectivity index is 1.83. The molecule has 0 bridgehead atoms. The van der Waals surface area contributed by atoms with E-state index in [9.17, 15) is 0 Å². The Hall–Kier alpha value is -0.900. The lowest BCUT2D eigenvalue weighted by Crippen LogP contribution is -2.20. The van der Waals surface area contributed by atoms with Gasteiger partial charge in [0.15, 0.2) is 0 Å². The summed E-state index contributed by atoms with van der Waals surface area (Å²) in [6.07, 6.45) is 2.86. The topological polar surface area (TPSA) is 16.1 Å². The Morgan fingerprint density at radius 2 is 2.29 bits per heavy atom. The second-order valence-corrected chi connectivity index (χ2v) is 5.47. The third kappa shape index (κ3) is 4.11. The Labute approximate surface area is 111 Å². The van der Waals surface area contributed by atoms with Crippen LogP contribution in [0.25, 0.3) is 0 Å². The van der Waals surface area contributed by atoms with Crippen molar-refractivity contribution in [3.8, 4) is 0 Å². The number of nitrogens with zero attached hydrogens (tertiary/aromatic N) is 2. The Kier molecular flexibility index (Phi) is 4.54. The lowest BCUT2D eigenvalue weighted by molar-refractivity contribution is 0.332. The molecule has 2 aromatic heterocycles. The first kappa shape index (κ1) is 12.6. The molecular weight excluding hydrogens is 252 g/mol. The molecule has 0 saturated heterocycles. The van der Waals surface area contributed by atoms with Crippen LogP contribution in [0.2, 0.25) is 5.15 Å². The molecule has 17 heavy (non-hydrogen) atoms. The lowest BCUT2D eigenvalue weighted by atomic mass is 10.2. The summed E-state index contributed by atoms with van der Waals surface area (Å²) < 4.78 is 0. The molecule has 0 radical (unpaired) electrons.